The zero-order chi connectivity index (χ0) is 15.5. The predicted octanol–water partition coefficient (Wildman–Crippen LogP) is 3.18. The Balaban J connectivity index is 2.10. The van der Waals surface area contributed by atoms with Gasteiger partial charge >= 0.3 is 0 Å². The van der Waals surface area contributed by atoms with Crippen molar-refractivity contribution >= 4 is 11.6 Å². The lowest BCUT2D eigenvalue weighted by Gasteiger charge is -2.19. The zero-order valence-electron chi connectivity index (χ0n) is 13.9. The van der Waals surface area contributed by atoms with Gasteiger partial charge in [-0.1, -0.05) is 13.8 Å². The van der Waals surface area contributed by atoms with Crippen LogP contribution in [-0.4, -0.2) is 37.3 Å². The molecule has 0 amide bonds. The predicted molar refractivity (Wildman–Crippen MR) is 87.1 cm³/mol. The monoisotopic (exact) mass is 292 g/mol. The van der Waals surface area contributed by atoms with Gasteiger partial charge in [0.1, 0.15) is 17.5 Å². The van der Waals surface area contributed by atoms with Crippen LogP contribution in [-0.2, 0) is 4.74 Å². The van der Waals surface area contributed by atoms with E-state index in [4.69, 9.17) is 9.72 Å². The third-order valence-corrected chi connectivity index (χ3v) is 4.34. The van der Waals surface area contributed by atoms with Crippen molar-refractivity contribution in [2.45, 2.75) is 46.0 Å². The molecule has 0 radical (unpaired) electrons. The van der Waals surface area contributed by atoms with Gasteiger partial charge in [0.2, 0.25) is 0 Å². The summed E-state index contributed by atoms with van der Waals surface area (Å²) in [7, 11) is 3.68. The summed E-state index contributed by atoms with van der Waals surface area (Å²) < 4.78 is 5.22. The normalized spacial score (nSPS) is 16.1. The second-order valence-electron chi connectivity index (χ2n) is 6.41. The number of nitrogens with zero attached hydrogens (tertiary/aromatic N) is 2. The molecule has 1 aromatic heterocycles. The first kappa shape index (κ1) is 16.0. The van der Waals surface area contributed by atoms with Gasteiger partial charge in [-0.05, 0) is 31.6 Å². The molecule has 1 aliphatic carbocycles. The van der Waals surface area contributed by atoms with E-state index in [0.717, 1.165) is 42.6 Å². The van der Waals surface area contributed by atoms with E-state index in [-0.39, 0.29) is 0 Å². The molecule has 1 aromatic rings. The number of hydrogen-bond acceptors (Lipinski definition) is 5. The van der Waals surface area contributed by atoms with Gasteiger partial charge in [-0.25, -0.2) is 9.97 Å². The summed E-state index contributed by atoms with van der Waals surface area (Å²) in [4.78, 5) is 9.28. The Hall–Kier alpha value is -1.36. The van der Waals surface area contributed by atoms with E-state index in [1.54, 1.807) is 7.11 Å². The van der Waals surface area contributed by atoms with Crippen molar-refractivity contribution in [2.75, 3.05) is 37.9 Å². The lowest BCUT2D eigenvalue weighted by atomic mass is 10.0. The van der Waals surface area contributed by atoms with Gasteiger partial charge in [0.05, 0.1) is 0 Å². The Labute approximate surface area is 127 Å². The maximum absolute atomic E-state index is 5.22. The van der Waals surface area contributed by atoms with Crippen LogP contribution in [0.25, 0.3) is 0 Å². The van der Waals surface area contributed by atoms with Crippen molar-refractivity contribution in [1.29, 1.82) is 0 Å². The lowest BCUT2D eigenvalue weighted by Crippen LogP contribution is -2.19. The number of ether oxygens (including phenoxy) is 1. The highest BCUT2D eigenvalue weighted by molar-refractivity contribution is 5.57. The number of nitrogens with one attached hydrogen (secondary N) is 2. The summed E-state index contributed by atoms with van der Waals surface area (Å²) in [5.74, 6) is 3.08. The number of methoxy groups -OCH3 is 1. The third kappa shape index (κ3) is 3.84. The van der Waals surface area contributed by atoms with Crippen LogP contribution < -0.4 is 10.6 Å². The number of aromatic nitrogens is 2. The molecule has 0 aliphatic heterocycles. The minimum Gasteiger partial charge on any atom is -0.385 e. The van der Waals surface area contributed by atoms with E-state index < -0.39 is 0 Å². The molecule has 0 atom stereocenters. The molecule has 2 N–H and O–H groups in total. The van der Waals surface area contributed by atoms with Crippen molar-refractivity contribution < 1.29 is 4.74 Å². The fraction of sp³-hybridized carbons (Fsp3) is 0.750. The van der Waals surface area contributed by atoms with Crippen LogP contribution in [0.4, 0.5) is 11.6 Å². The summed E-state index contributed by atoms with van der Waals surface area (Å²) in [5.41, 5.74) is 1.50. The number of rotatable bonds is 8. The average molecular weight is 292 g/mol. The van der Waals surface area contributed by atoms with Gasteiger partial charge in [-0.3, -0.25) is 0 Å². The van der Waals surface area contributed by atoms with E-state index >= 15 is 0 Å². The van der Waals surface area contributed by atoms with Crippen molar-refractivity contribution in [3.8, 4) is 0 Å². The Kier molecular flexibility index (Phi) is 5.04. The van der Waals surface area contributed by atoms with E-state index in [1.807, 2.05) is 7.05 Å². The molecule has 1 heterocycles. The largest absolute Gasteiger partial charge is 0.385 e. The molecular weight excluding hydrogens is 264 g/mol. The summed E-state index contributed by atoms with van der Waals surface area (Å²) >= 11 is 0. The fourth-order valence-electron chi connectivity index (χ4n) is 2.49. The number of anilines is 2. The molecule has 21 heavy (non-hydrogen) atoms. The van der Waals surface area contributed by atoms with Gasteiger partial charge in [0, 0.05) is 38.8 Å². The first-order chi connectivity index (χ1) is 10.0. The van der Waals surface area contributed by atoms with Gasteiger partial charge in [0.25, 0.3) is 0 Å². The SMILES string of the molecule is CNc1nc(C(C)C)nc(NCC2(CCOC)CC2)c1C. The van der Waals surface area contributed by atoms with Crippen LogP contribution in [0, 0.1) is 12.3 Å². The van der Waals surface area contributed by atoms with Crippen LogP contribution in [0.2, 0.25) is 0 Å². The first-order valence-corrected chi connectivity index (χ1v) is 7.80. The maximum Gasteiger partial charge on any atom is 0.135 e. The molecule has 118 valence electrons. The summed E-state index contributed by atoms with van der Waals surface area (Å²) in [5, 5.41) is 6.71. The minimum absolute atomic E-state index is 0.321. The quantitative estimate of drug-likeness (QED) is 0.770. The molecule has 2 rings (SSSR count). The smallest absolute Gasteiger partial charge is 0.135 e. The maximum atomic E-state index is 5.22. The first-order valence-electron chi connectivity index (χ1n) is 7.80. The van der Waals surface area contributed by atoms with E-state index in [9.17, 15) is 0 Å². The highest BCUT2D eigenvalue weighted by atomic mass is 16.5. The Morgan fingerprint density at radius 1 is 1.24 bits per heavy atom. The van der Waals surface area contributed by atoms with Crippen molar-refractivity contribution in [2.24, 2.45) is 5.41 Å². The fourth-order valence-corrected chi connectivity index (χ4v) is 2.49. The van der Waals surface area contributed by atoms with Crippen molar-refractivity contribution in [3.63, 3.8) is 0 Å². The van der Waals surface area contributed by atoms with E-state index in [2.05, 4.69) is 36.4 Å². The highest BCUT2D eigenvalue weighted by Crippen LogP contribution is 2.48. The molecular formula is C16H28N4O. The molecule has 1 saturated carbocycles. The van der Waals surface area contributed by atoms with Gasteiger partial charge in [0.15, 0.2) is 0 Å². The minimum atomic E-state index is 0.321. The Morgan fingerprint density at radius 2 is 1.90 bits per heavy atom. The molecule has 5 nitrogen and oxygen atoms in total. The second-order valence-corrected chi connectivity index (χ2v) is 6.41. The molecule has 0 aromatic carbocycles. The highest BCUT2D eigenvalue weighted by Gasteiger charge is 2.41. The average Bonchev–Trinajstić information content (AvgIpc) is 3.24. The molecule has 1 fully saturated rings. The summed E-state index contributed by atoms with van der Waals surface area (Å²) in [6.07, 6.45) is 3.68. The molecule has 5 heteroatoms. The topological polar surface area (TPSA) is 59.1 Å². The van der Waals surface area contributed by atoms with E-state index in [0.29, 0.717) is 11.3 Å². The van der Waals surface area contributed by atoms with Crippen LogP contribution in [0.15, 0.2) is 0 Å². The van der Waals surface area contributed by atoms with Crippen LogP contribution in [0.3, 0.4) is 0 Å². The van der Waals surface area contributed by atoms with Gasteiger partial charge in [-0.2, -0.15) is 0 Å². The Morgan fingerprint density at radius 3 is 2.43 bits per heavy atom. The lowest BCUT2D eigenvalue weighted by molar-refractivity contribution is 0.175. The summed E-state index contributed by atoms with van der Waals surface area (Å²) in [6.45, 7) is 8.11. The summed E-state index contributed by atoms with van der Waals surface area (Å²) in [6, 6.07) is 0. The van der Waals surface area contributed by atoms with Crippen LogP contribution in [0.5, 0.6) is 0 Å². The van der Waals surface area contributed by atoms with Crippen LogP contribution >= 0.6 is 0 Å². The molecule has 0 bridgehead atoms. The standard InChI is InChI=1S/C16H28N4O/c1-11(2)13-19-14(17-4)12(3)15(20-13)18-10-16(6-7-16)8-9-21-5/h11H,6-10H2,1-5H3,(H2,17,18,19,20). The second kappa shape index (κ2) is 6.60. The third-order valence-electron chi connectivity index (χ3n) is 4.34. The van der Waals surface area contributed by atoms with Gasteiger partial charge in [-0.15, -0.1) is 0 Å². The molecule has 1 aliphatic rings. The molecule has 0 unspecified atom stereocenters. The van der Waals surface area contributed by atoms with Gasteiger partial charge < -0.3 is 15.4 Å². The van der Waals surface area contributed by atoms with Crippen LogP contribution in [0.1, 0.15) is 50.4 Å². The zero-order valence-corrected chi connectivity index (χ0v) is 13.9. The van der Waals surface area contributed by atoms with Crippen molar-refractivity contribution in [3.05, 3.63) is 11.4 Å². The Bertz CT molecular complexity index is 483. The molecule has 0 spiro atoms. The van der Waals surface area contributed by atoms with Crippen molar-refractivity contribution in [1.82, 2.24) is 9.97 Å². The molecule has 0 saturated heterocycles. The van der Waals surface area contributed by atoms with E-state index in [1.165, 1.54) is 12.8 Å². The number of hydrogen-bond donors (Lipinski definition) is 2.